The van der Waals surface area contributed by atoms with Crippen LogP contribution in [0.25, 0.3) is 0 Å². The van der Waals surface area contributed by atoms with Gasteiger partial charge in [-0.2, -0.15) is 0 Å². The number of ketones is 2. The highest BCUT2D eigenvalue weighted by molar-refractivity contribution is 6.15. The maximum absolute atomic E-state index is 10.8. The monoisotopic (exact) mass is 136 g/mol. The Morgan fingerprint density at radius 2 is 2.10 bits per heavy atom. The Morgan fingerprint density at radius 3 is 2.60 bits per heavy atom. The fraction of sp³-hybridized carbons (Fsp3) is 0.143. The van der Waals surface area contributed by atoms with E-state index in [1.165, 1.54) is 12.2 Å². The summed E-state index contributed by atoms with van der Waals surface area (Å²) in [5, 5.41) is 0. The number of hydrogen-bond acceptors (Lipinski definition) is 3. The van der Waals surface area contributed by atoms with E-state index in [4.69, 9.17) is 5.73 Å². The molecule has 0 atom stereocenters. The normalized spacial score (nSPS) is 17.5. The summed E-state index contributed by atoms with van der Waals surface area (Å²) in [6, 6.07) is 0. The van der Waals surface area contributed by atoms with Gasteiger partial charge in [0.05, 0.1) is 0 Å². The standard InChI is InChI=1S/C7H6NO2/c8-4-5-3-6(9)1-2-7(5)10/h1-2H,4,8H2. The maximum Gasteiger partial charge on any atom is 0.187 e. The van der Waals surface area contributed by atoms with Crippen molar-refractivity contribution < 1.29 is 9.59 Å². The molecule has 0 saturated heterocycles. The third kappa shape index (κ3) is 1.19. The van der Waals surface area contributed by atoms with Gasteiger partial charge in [0.25, 0.3) is 0 Å². The van der Waals surface area contributed by atoms with Crippen molar-refractivity contribution in [3.8, 4) is 0 Å². The maximum atomic E-state index is 10.8. The topological polar surface area (TPSA) is 60.2 Å². The van der Waals surface area contributed by atoms with Crippen LogP contribution in [0.1, 0.15) is 0 Å². The molecule has 1 rings (SSSR count). The van der Waals surface area contributed by atoms with Gasteiger partial charge in [0.2, 0.25) is 0 Å². The van der Waals surface area contributed by atoms with Gasteiger partial charge in [-0.1, -0.05) is 0 Å². The highest BCUT2D eigenvalue weighted by Crippen LogP contribution is 2.01. The molecule has 0 bridgehead atoms. The molecule has 0 amide bonds. The van der Waals surface area contributed by atoms with Gasteiger partial charge in [0.15, 0.2) is 11.6 Å². The van der Waals surface area contributed by atoms with Crippen LogP contribution in [0.4, 0.5) is 0 Å². The predicted molar refractivity (Wildman–Crippen MR) is 35.0 cm³/mol. The molecular weight excluding hydrogens is 130 g/mol. The SMILES string of the molecule is NCC1=[C]C(=O)C=CC1=O. The zero-order valence-electron chi connectivity index (χ0n) is 5.26. The fourth-order valence-electron chi connectivity index (χ4n) is 0.656. The van der Waals surface area contributed by atoms with Gasteiger partial charge in [-0.25, -0.2) is 0 Å². The van der Waals surface area contributed by atoms with Crippen molar-refractivity contribution >= 4 is 11.6 Å². The van der Waals surface area contributed by atoms with E-state index >= 15 is 0 Å². The third-order valence-electron chi connectivity index (χ3n) is 1.16. The van der Waals surface area contributed by atoms with Crippen molar-refractivity contribution in [3.05, 3.63) is 23.8 Å². The Labute approximate surface area is 58.2 Å². The molecule has 0 aliphatic heterocycles. The Balaban J connectivity index is 2.89. The highest BCUT2D eigenvalue weighted by atomic mass is 16.1. The minimum Gasteiger partial charge on any atom is -0.326 e. The van der Waals surface area contributed by atoms with Crippen LogP contribution >= 0.6 is 0 Å². The van der Waals surface area contributed by atoms with Crippen LogP contribution in [-0.2, 0) is 9.59 Å². The first-order valence-electron chi connectivity index (χ1n) is 2.83. The Hall–Kier alpha value is -1.22. The van der Waals surface area contributed by atoms with Gasteiger partial charge in [0, 0.05) is 18.2 Å². The number of allylic oxidation sites excluding steroid dienone is 3. The van der Waals surface area contributed by atoms with Crippen LogP contribution < -0.4 is 5.73 Å². The number of rotatable bonds is 1. The molecule has 1 radical (unpaired) electrons. The molecule has 0 spiro atoms. The van der Waals surface area contributed by atoms with Crippen molar-refractivity contribution in [2.45, 2.75) is 0 Å². The van der Waals surface area contributed by atoms with Gasteiger partial charge in [0.1, 0.15) is 0 Å². The van der Waals surface area contributed by atoms with E-state index in [1.54, 1.807) is 0 Å². The second kappa shape index (κ2) is 2.58. The second-order valence-electron chi connectivity index (χ2n) is 1.87. The minimum atomic E-state index is -0.292. The Bertz CT molecular complexity index is 238. The van der Waals surface area contributed by atoms with E-state index < -0.39 is 0 Å². The molecule has 0 fully saturated rings. The van der Waals surface area contributed by atoms with Crippen LogP contribution in [0.3, 0.4) is 0 Å². The number of carbonyl (C=O) groups excluding carboxylic acids is 2. The zero-order valence-corrected chi connectivity index (χ0v) is 5.26. The van der Waals surface area contributed by atoms with Crippen molar-refractivity contribution in [1.82, 2.24) is 0 Å². The van der Waals surface area contributed by atoms with E-state index in [1.807, 2.05) is 0 Å². The molecule has 2 N–H and O–H groups in total. The van der Waals surface area contributed by atoms with Crippen LogP contribution in [0.5, 0.6) is 0 Å². The molecule has 0 aromatic carbocycles. The largest absolute Gasteiger partial charge is 0.326 e. The van der Waals surface area contributed by atoms with E-state index in [9.17, 15) is 9.59 Å². The quantitative estimate of drug-likeness (QED) is 0.489. The lowest BCUT2D eigenvalue weighted by Gasteiger charge is -2.00. The summed E-state index contributed by atoms with van der Waals surface area (Å²) in [4.78, 5) is 21.3. The molecule has 0 aromatic heterocycles. The third-order valence-corrected chi connectivity index (χ3v) is 1.16. The average Bonchev–Trinajstić information content (AvgIpc) is 1.94. The van der Waals surface area contributed by atoms with Crippen molar-refractivity contribution in [2.24, 2.45) is 5.73 Å². The van der Waals surface area contributed by atoms with Crippen LogP contribution in [-0.4, -0.2) is 18.1 Å². The molecule has 0 unspecified atom stereocenters. The summed E-state index contributed by atoms with van der Waals surface area (Å²) in [5.41, 5.74) is 5.41. The van der Waals surface area contributed by atoms with E-state index in [0.29, 0.717) is 0 Å². The number of hydrogen-bond donors (Lipinski definition) is 1. The molecule has 1 aliphatic carbocycles. The van der Waals surface area contributed by atoms with Gasteiger partial charge >= 0.3 is 0 Å². The van der Waals surface area contributed by atoms with Crippen molar-refractivity contribution in [1.29, 1.82) is 0 Å². The van der Waals surface area contributed by atoms with Crippen molar-refractivity contribution in [3.63, 3.8) is 0 Å². The van der Waals surface area contributed by atoms with Gasteiger partial charge < -0.3 is 5.73 Å². The first-order valence-corrected chi connectivity index (χ1v) is 2.83. The van der Waals surface area contributed by atoms with E-state index in [2.05, 4.69) is 6.08 Å². The molecule has 0 saturated carbocycles. The molecule has 3 heteroatoms. The lowest BCUT2D eigenvalue weighted by atomic mass is 10.0. The first kappa shape index (κ1) is 6.89. The average molecular weight is 136 g/mol. The Morgan fingerprint density at radius 1 is 1.40 bits per heavy atom. The molecule has 0 aromatic rings. The van der Waals surface area contributed by atoms with E-state index in [0.717, 1.165) is 0 Å². The number of carbonyl (C=O) groups is 2. The minimum absolute atomic E-state index is 0.0783. The Kier molecular flexibility index (Phi) is 1.78. The van der Waals surface area contributed by atoms with Crippen LogP contribution in [0.15, 0.2) is 17.7 Å². The van der Waals surface area contributed by atoms with Gasteiger partial charge in [-0.3, -0.25) is 9.59 Å². The summed E-state index contributed by atoms with van der Waals surface area (Å²) >= 11 is 0. The summed E-state index contributed by atoms with van der Waals surface area (Å²) < 4.78 is 0. The highest BCUT2D eigenvalue weighted by Gasteiger charge is 2.10. The molecule has 0 heterocycles. The second-order valence-corrected chi connectivity index (χ2v) is 1.87. The van der Waals surface area contributed by atoms with Gasteiger partial charge in [-0.15, -0.1) is 0 Å². The smallest absolute Gasteiger partial charge is 0.187 e. The predicted octanol–water partition coefficient (Wildman–Crippen LogP) is -0.617. The van der Waals surface area contributed by atoms with E-state index in [-0.39, 0.29) is 23.7 Å². The lowest BCUT2D eigenvalue weighted by molar-refractivity contribution is -0.115. The molecular formula is C7H6NO2. The van der Waals surface area contributed by atoms with Crippen LogP contribution in [0, 0.1) is 6.08 Å². The van der Waals surface area contributed by atoms with Gasteiger partial charge in [-0.05, 0) is 12.2 Å². The van der Waals surface area contributed by atoms with Crippen LogP contribution in [0.2, 0.25) is 0 Å². The first-order chi connectivity index (χ1) is 4.74. The number of nitrogens with two attached hydrogens (primary N) is 1. The lowest BCUT2D eigenvalue weighted by Crippen LogP contribution is -2.15. The molecule has 3 nitrogen and oxygen atoms in total. The molecule has 10 heavy (non-hydrogen) atoms. The summed E-state index contributed by atoms with van der Waals surface area (Å²) in [5.74, 6) is -0.512. The summed E-state index contributed by atoms with van der Waals surface area (Å²) in [6.45, 7) is 0.0783. The zero-order chi connectivity index (χ0) is 7.56. The fourth-order valence-corrected chi connectivity index (χ4v) is 0.656. The molecule has 51 valence electrons. The van der Waals surface area contributed by atoms with Crippen molar-refractivity contribution in [2.75, 3.05) is 6.54 Å². The molecule has 1 aliphatic rings. The summed E-state index contributed by atoms with van der Waals surface area (Å²) in [7, 11) is 0. The summed E-state index contributed by atoms with van der Waals surface area (Å²) in [6.07, 6.45) is 4.72.